The Hall–Kier alpha value is -1.32. The maximum absolute atomic E-state index is 5.86. The highest BCUT2D eigenvalue weighted by atomic mass is 35.5. The van der Waals surface area contributed by atoms with Gasteiger partial charge in [0.05, 0.1) is 12.0 Å². The molecule has 0 bridgehead atoms. The highest BCUT2D eigenvalue weighted by Crippen LogP contribution is 2.35. The minimum absolute atomic E-state index is 0.694. The Morgan fingerprint density at radius 2 is 2.00 bits per heavy atom. The second-order valence-corrected chi connectivity index (χ2v) is 5.19. The maximum atomic E-state index is 5.86. The van der Waals surface area contributed by atoms with Crippen LogP contribution in [0, 0.1) is 0 Å². The van der Waals surface area contributed by atoms with Crippen molar-refractivity contribution in [2.75, 3.05) is 0 Å². The van der Waals surface area contributed by atoms with E-state index in [1.54, 1.807) is 0 Å². The highest BCUT2D eigenvalue weighted by Gasteiger charge is 2.24. The van der Waals surface area contributed by atoms with Crippen molar-refractivity contribution >= 4 is 11.6 Å². The van der Waals surface area contributed by atoms with Crippen molar-refractivity contribution in [3.05, 3.63) is 53.1 Å². The molecular weight excluding hydrogens is 246 g/mol. The first-order chi connectivity index (χ1) is 8.83. The van der Waals surface area contributed by atoms with Crippen LogP contribution in [0.1, 0.15) is 30.1 Å². The smallest absolute Gasteiger partial charge is 0.0951 e. The van der Waals surface area contributed by atoms with Crippen molar-refractivity contribution in [1.82, 2.24) is 14.9 Å². The minimum atomic E-state index is 0.694. The number of rotatable bonds is 5. The number of imidazole rings is 1. The van der Waals surface area contributed by atoms with Crippen LogP contribution in [0.4, 0.5) is 0 Å². The van der Waals surface area contributed by atoms with Gasteiger partial charge < -0.3 is 9.88 Å². The summed E-state index contributed by atoms with van der Waals surface area (Å²) in [7, 11) is 0. The lowest BCUT2D eigenvalue weighted by Gasteiger charge is -2.08. The van der Waals surface area contributed by atoms with E-state index in [0.29, 0.717) is 6.04 Å². The van der Waals surface area contributed by atoms with E-state index in [-0.39, 0.29) is 0 Å². The molecule has 1 N–H and O–H groups in total. The van der Waals surface area contributed by atoms with Gasteiger partial charge in [0.2, 0.25) is 0 Å². The number of nitrogens with one attached hydrogen (secondary N) is 1. The summed E-state index contributed by atoms with van der Waals surface area (Å²) in [5, 5.41) is 4.23. The molecular formula is C14H16ClN3. The molecule has 0 unspecified atom stereocenters. The van der Waals surface area contributed by atoms with Gasteiger partial charge in [0.25, 0.3) is 0 Å². The Balaban J connectivity index is 1.55. The van der Waals surface area contributed by atoms with Gasteiger partial charge in [0.15, 0.2) is 0 Å². The summed E-state index contributed by atoms with van der Waals surface area (Å²) in [6.07, 6.45) is 6.48. The van der Waals surface area contributed by atoms with Crippen LogP contribution in [0.2, 0.25) is 5.02 Å². The predicted octanol–water partition coefficient (Wildman–Crippen LogP) is 3.16. The second kappa shape index (κ2) is 5.12. The molecule has 0 spiro atoms. The second-order valence-electron chi connectivity index (χ2n) is 4.75. The lowest BCUT2D eigenvalue weighted by Crippen LogP contribution is -2.15. The van der Waals surface area contributed by atoms with Crippen molar-refractivity contribution in [3.8, 4) is 0 Å². The van der Waals surface area contributed by atoms with Gasteiger partial charge >= 0.3 is 0 Å². The molecule has 3 rings (SSSR count). The summed E-state index contributed by atoms with van der Waals surface area (Å²) in [5.74, 6) is 0. The summed E-state index contributed by atoms with van der Waals surface area (Å²) >= 11 is 5.86. The summed E-state index contributed by atoms with van der Waals surface area (Å²) in [6, 6.07) is 8.64. The first-order valence-corrected chi connectivity index (χ1v) is 6.66. The maximum Gasteiger partial charge on any atom is 0.0951 e. The zero-order chi connectivity index (χ0) is 12.4. The van der Waals surface area contributed by atoms with Gasteiger partial charge in [-0.2, -0.15) is 0 Å². The minimum Gasteiger partial charge on any atom is -0.330 e. The topological polar surface area (TPSA) is 29.9 Å². The molecule has 0 aliphatic heterocycles. The van der Waals surface area contributed by atoms with Crippen molar-refractivity contribution in [2.45, 2.75) is 32.0 Å². The predicted molar refractivity (Wildman–Crippen MR) is 72.5 cm³/mol. The zero-order valence-electron chi connectivity index (χ0n) is 10.1. The molecule has 1 aliphatic rings. The van der Waals surface area contributed by atoms with Crippen LogP contribution in [-0.2, 0) is 13.1 Å². The third-order valence-electron chi connectivity index (χ3n) is 3.24. The lowest BCUT2D eigenvalue weighted by molar-refractivity contribution is 0.621. The van der Waals surface area contributed by atoms with E-state index in [0.717, 1.165) is 18.1 Å². The molecule has 1 aromatic heterocycles. The SMILES string of the molecule is Clc1ccc(CNCc2cncn2C2CC2)cc1. The fourth-order valence-electron chi connectivity index (χ4n) is 2.09. The highest BCUT2D eigenvalue weighted by molar-refractivity contribution is 6.30. The quantitative estimate of drug-likeness (QED) is 0.896. The molecule has 0 saturated heterocycles. The van der Waals surface area contributed by atoms with Crippen molar-refractivity contribution in [3.63, 3.8) is 0 Å². The lowest BCUT2D eigenvalue weighted by atomic mass is 10.2. The molecule has 0 radical (unpaired) electrons. The molecule has 0 atom stereocenters. The molecule has 0 amide bonds. The summed E-state index contributed by atoms with van der Waals surface area (Å²) in [4.78, 5) is 4.23. The Morgan fingerprint density at radius 3 is 2.72 bits per heavy atom. The number of hydrogen-bond acceptors (Lipinski definition) is 2. The molecule has 18 heavy (non-hydrogen) atoms. The van der Waals surface area contributed by atoms with E-state index in [1.165, 1.54) is 24.1 Å². The van der Waals surface area contributed by atoms with Crippen molar-refractivity contribution in [2.24, 2.45) is 0 Å². The van der Waals surface area contributed by atoms with Crippen molar-refractivity contribution in [1.29, 1.82) is 0 Å². The van der Waals surface area contributed by atoms with E-state index < -0.39 is 0 Å². The Kier molecular flexibility index (Phi) is 3.35. The number of benzene rings is 1. The van der Waals surface area contributed by atoms with E-state index in [2.05, 4.69) is 14.9 Å². The molecule has 1 aromatic carbocycles. The van der Waals surface area contributed by atoms with E-state index >= 15 is 0 Å². The molecule has 94 valence electrons. The van der Waals surface area contributed by atoms with Gasteiger partial charge in [0.1, 0.15) is 0 Å². The largest absolute Gasteiger partial charge is 0.330 e. The van der Waals surface area contributed by atoms with Crippen LogP contribution in [0.5, 0.6) is 0 Å². The Morgan fingerprint density at radius 1 is 1.22 bits per heavy atom. The fourth-order valence-corrected chi connectivity index (χ4v) is 2.21. The van der Waals surface area contributed by atoms with Crippen LogP contribution < -0.4 is 5.32 Å². The van der Waals surface area contributed by atoms with E-state index in [4.69, 9.17) is 11.6 Å². The summed E-state index contributed by atoms with van der Waals surface area (Å²) < 4.78 is 2.29. The van der Waals surface area contributed by atoms with Crippen LogP contribution in [0.25, 0.3) is 0 Å². The number of aromatic nitrogens is 2. The van der Waals surface area contributed by atoms with Gasteiger partial charge in [0, 0.05) is 30.4 Å². The zero-order valence-corrected chi connectivity index (χ0v) is 10.9. The average Bonchev–Trinajstić information content (AvgIpc) is 3.12. The molecule has 2 aromatic rings. The fraction of sp³-hybridized carbons (Fsp3) is 0.357. The molecule has 4 heteroatoms. The first-order valence-electron chi connectivity index (χ1n) is 6.29. The average molecular weight is 262 g/mol. The van der Waals surface area contributed by atoms with Crippen LogP contribution in [0.15, 0.2) is 36.8 Å². The normalized spacial score (nSPS) is 14.9. The van der Waals surface area contributed by atoms with Crippen LogP contribution in [0.3, 0.4) is 0 Å². The van der Waals surface area contributed by atoms with Gasteiger partial charge in [-0.1, -0.05) is 23.7 Å². The van der Waals surface area contributed by atoms with E-state index in [1.807, 2.05) is 36.8 Å². The molecule has 3 nitrogen and oxygen atoms in total. The Labute approximate surface area is 112 Å². The molecule has 1 heterocycles. The monoisotopic (exact) mass is 261 g/mol. The summed E-state index contributed by atoms with van der Waals surface area (Å²) in [5.41, 5.74) is 2.52. The third-order valence-corrected chi connectivity index (χ3v) is 3.49. The number of nitrogens with zero attached hydrogens (tertiary/aromatic N) is 2. The van der Waals surface area contributed by atoms with Gasteiger partial charge in [-0.3, -0.25) is 0 Å². The first kappa shape index (κ1) is 11.8. The molecule has 1 saturated carbocycles. The third kappa shape index (κ3) is 2.74. The standard InChI is InChI=1S/C14H16ClN3/c15-12-3-1-11(2-4-12)7-16-8-14-9-17-10-18(14)13-5-6-13/h1-4,9-10,13,16H,5-8H2. The van der Waals surface area contributed by atoms with Crippen LogP contribution >= 0.6 is 11.6 Å². The molecule has 1 fully saturated rings. The van der Waals surface area contributed by atoms with Gasteiger partial charge in [-0.05, 0) is 30.5 Å². The number of halogens is 1. The summed E-state index contributed by atoms with van der Waals surface area (Å²) in [6.45, 7) is 1.71. The molecule has 1 aliphatic carbocycles. The van der Waals surface area contributed by atoms with Gasteiger partial charge in [-0.25, -0.2) is 4.98 Å². The Bertz CT molecular complexity index is 514. The van der Waals surface area contributed by atoms with E-state index in [9.17, 15) is 0 Å². The van der Waals surface area contributed by atoms with Gasteiger partial charge in [-0.15, -0.1) is 0 Å². The number of hydrogen-bond donors (Lipinski definition) is 1. The van der Waals surface area contributed by atoms with Crippen molar-refractivity contribution < 1.29 is 0 Å². The van der Waals surface area contributed by atoms with Crippen LogP contribution in [-0.4, -0.2) is 9.55 Å².